The number of nitrogens with zero attached hydrogens (tertiary/aromatic N) is 3. The highest BCUT2D eigenvalue weighted by atomic mass is 32.2. The van der Waals surface area contributed by atoms with Gasteiger partial charge in [-0.1, -0.05) is 0 Å². The molecule has 0 radical (unpaired) electrons. The van der Waals surface area contributed by atoms with Crippen molar-refractivity contribution in [3.05, 3.63) is 41.7 Å². The first-order chi connectivity index (χ1) is 12.5. The van der Waals surface area contributed by atoms with Crippen molar-refractivity contribution in [2.24, 2.45) is 0 Å². The molecule has 1 aromatic heterocycles. The van der Waals surface area contributed by atoms with Gasteiger partial charge in [0.1, 0.15) is 0 Å². The number of fused-ring (bicyclic) bond motifs is 1. The third-order valence-corrected chi connectivity index (χ3v) is 6.30. The van der Waals surface area contributed by atoms with Crippen LogP contribution in [0.25, 0.3) is 0 Å². The van der Waals surface area contributed by atoms with Gasteiger partial charge >= 0.3 is 0 Å². The maximum atomic E-state index is 13.1. The highest BCUT2D eigenvalue weighted by Crippen LogP contribution is 2.34. The predicted molar refractivity (Wildman–Crippen MR) is 92.9 cm³/mol. The van der Waals surface area contributed by atoms with Crippen LogP contribution in [0.4, 0.5) is 0 Å². The Morgan fingerprint density at radius 3 is 2.88 bits per heavy atom. The summed E-state index contributed by atoms with van der Waals surface area (Å²) in [6, 6.07) is 4.46. The van der Waals surface area contributed by atoms with Crippen molar-refractivity contribution in [3.63, 3.8) is 0 Å². The first kappa shape index (κ1) is 16.9. The number of sulfone groups is 1. The number of carbonyl (C=O) groups excluding carboxylic acids is 1. The van der Waals surface area contributed by atoms with E-state index in [1.807, 2.05) is 6.92 Å². The topological polar surface area (TPSA) is 90.7 Å². The summed E-state index contributed by atoms with van der Waals surface area (Å²) < 4.78 is 36.7. The lowest BCUT2D eigenvalue weighted by atomic mass is 10.1. The number of ether oxygens (including phenoxy) is 2. The van der Waals surface area contributed by atoms with Crippen LogP contribution in [0.2, 0.25) is 0 Å². The second kappa shape index (κ2) is 6.31. The Kier molecular flexibility index (Phi) is 4.10. The number of benzene rings is 1. The molecular weight excluding hydrogens is 358 g/mol. The molecule has 1 fully saturated rings. The van der Waals surface area contributed by atoms with E-state index in [2.05, 4.69) is 5.10 Å². The van der Waals surface area contributed by atoms with Gasteiger partial charge < -0.3 is 14.4 Å². The molecule has 2 aliphatic rings. The van der Waals surface area contributed by atoms with Crippen LogP contribution in [0.5, 0.6) is 11.5 Å². The fourth-order valence-corrected chi connectivity index (χ4v) is 4.74. The summed E-state index contributed by atoms with van der Waals surface area (Å²) in [7, 11) is -3.21. The van der Waals surface area contributed by atoms with Crippen LogP contribution in [-0.4, -0.2) is 53.8 Å². The van der Waals surface area contributed by atoms with Crippen molar-refractivity contribution in [2.45, 2.75) is 19.5 Å². The largest absolute Gasteiger partial charge is 0.454 e. The summed E-state index contributed by atoms with van der Waals surface area (Å²) in [5, 5.41) is 4.22. The SMILES string of the molecule is CCn1cc([C@@H]2CS(=O)(=O)CCN2C(=O)c2ccc3c(c2)OCO3)cn1. The molecule has 0 spiro atoms. The van der Waals surface area contributed by atoms with Gasteiger partial charge in [0.25, 0.3) is 5.91 Å². The molecule has 1 atom stereocenters. The maximum Gasteiger partial charge on any atom is 0.254 e. The summed E-state index contributed by atoms with van der Waals surface area (Å²) in [5.41, 5.74) is 1.17. The van der Waals surface area contributed by atoms with Gasteiger partial charge in [-0.25, -0.2) is 8.42 Å². The fraction of sp³-hybridized carbons (Fsp3) is 0.412. The molecule has 0 bridgehead atoms. The second-order valence-electron chi connectivity index (χ2n) is 6.33. The van der Waals surface area contributed by atoms with E-state index in [1.54, 1.807) is 40.2 Å². The second-order valence-corrected chi connectivity index (χ2v) is 8.55. The Morgan fingerprint density at radius 2 is 2.12 bits per heavy atom. The third kappa shape index (κ3) is 3.03. The van der Waals surface area contributed by atoms with Crippen LogP contribution in [-0.2, 0) is 16.4 Å². The molecule has 4 rings (SSSR count). The molecule has 8 nitrogen and oxygen atoms in total. The normalized spacial score (nSPS) is 21.0. The Labute approximate surface area is 151 Å². The van der Waals surface area contributed by atoms with Crippen LogP contribution in [0.15, 0.2) is 30.6 Å². The Balaban J connectivity index is 1.67. The number of rotatable bonds is 3. The average molecular weight is 377 g/mol. The molecule has 138 valence electrons. The van der Waals surface area contributed by atoms with Gasteiger partial charge in [0.15, 0.2) is 21.3 Å². The number of aromatic nitrogens is 2. The van der Waals surface area contributed by atoms with Crippen LogP contribution in [0.1, 0.15) is 28.9 Å². The van der Waals surface area contributed by atoms with Crippen molar-refractivity contribution in [1.82, 2.24) is 14.7 Å². The highest BCUT2D eigenvalue weighted by molar-refractivity contribution is 7.91. The lowest BCUT2D eigenvalue weighted by molar-refractivity contribution is 0.0697. The van der Waals surface area contributed by atoms with E-state index in [0.29, 0.717) is 23.6 Å². The smallest absolute Gasteiger partial charge is 0.254 e. The minimum Gasteiger partial charge on any atom is -0.454 e. The summed E-state index contributed by atoms with van der Waals surface area (Å²) in [4.78, 5) is 14.7. The first-order valence-electron chi connectivity index (χ1n) is 8.40. The lowest BCUT2D eigenvalue weighted by Gasteiger charge is -2.35. The van der Waals surface area contributed by atoms with Gasteiger partial charge in [-0.05, 0) is 25.1 Å². The summed E-state index contributed by atoms with van der Waals surface area (Å²) in [6.45, 7) is 2.91. The van der Waals surface area contributed by atoms with Crippen LogP contribution >= 0.6 is 0 Å². The highest BCUT2D eigenvalue weighted by Gasteiger charge is 2.36. The molecule has 26 heavy (non-hydrogen) atoms. The van der Waals surface area contributed by atoms with E-state index in [4.69, 9.17) is 9.47 Å². The molecule has 3 heterocycles. The zero-order valence-corrected chi connectivity index (χ0v) is 15.1. The quantitative estimate of drug-likeness (QED) is 0.799. The van der Waals surface area contributed by atoms with E-state index >= 15 is 0 Å². The molecule has 9 heteroatoms. The summed E-state index contributed by atoms with van der Waals surface area (Å²) in [5.74, 6) is 0.757. The van der Waals surface area contributed by atoms with Gasteiger partial charge in [-0.2, -0.15) is 5.10 Å². The summed E-state index contributed by atoms with van der Waals surface area (Å²) >= 11 is 0. The standard InChI is InChI=1S/C17H19N3O5S/c1-2-19-9-13(8-18-19)14-10-26(22,23)6-5-20(14)17(21)12-3-4-15-16(7-12)25-11-24-15/h3-4,7-9,14H,2,5-6,10-11H2,1H3/t14-/m0/s1. The van der Waals surface area contributed by atoms with Crippen molar-refractivity contribution in [2.75, 3.05) is 24.8 Å². The zero-order valence-electron chi connectivity index (χ0n) is 14.3. The fourth-order valence-electron chi connectivity index (χ4n) is 3.25. The molecule has 0 unspecified atom stereocenters. The van der Waals surface area contributed by atoms with E-state index in [1.165, 1.54) is 0 Å². The lowest BCUT2D eigenvalue weighted by Crippen LogP contribution is -2.46. The van der Waals surface area contributed by atoms with E-state index in [0.717, 1.165) is 5.56 Å². The average Bonchev–Trinajstić information content (AvgIpc) is 3.28. The number of amides is 1. The van der Waals surface area contributed by atoms with E-state index in [9.17, 15) is 13.2 Å². The molecule has 1 saturated heterocycles. The van der Waals surface area contributed by atoms with Crippen LogP contribution < -0.4 is 9.47 Å². The van der Waals surface area contributed by atoms with E-state index < -0.39 is 15.9 Å². The molecule has 2 aliphatic heterocycles. The maximum absolute atomic E-state index is 13.1. The van der Waals surface area contributed by atoms with Crippen molar-refractivity contribution in [3.8, 4) is 11.5 Å². The Hall–Kier alpha value is -2.55. The number of carbonyl (C=O) groups is 1. The van der Waals surface area contributed by atoms with E-state index in [-0.39, 0.29) is 30.8 Å². The predicted octanol–water partition coefficient (Wildman–Crippen LogP) is 1.24. The van der Waals surface area contributed by atoms with Gasteiger partial charge in [0.05, 0.1) is 23.7 Å². The van der Waals surface area contributed by atoms with Gasteiger partial charge in [-0.15, -0.1) is 0 Å². The van der Waals surface area contributed by atoms with Crippen LogP contribution in [0.3, 0.4) is 0 Å². The van der Waals surface area contributed by atoms with Gasteiger partial charge in [0, 0.05) is 30.4 Å². The van der Waals surface area contributed by atoms with Crippen molar-refractivity contribution in [1.29, 1.82) is 0 Å². The Bertz CT molecular complexity index is 953. The number of hydrogen-bond donors (Lipinski definition) is 0. The molecular formula is C17H19N3O5S. The molecule has 0 saturated carbocycles. The number of aryl methyl sites for hydroxylation is 1. The molecule has 0 aliphatic carbocycles. The van der Waals surface area contributed by atoms with Crippen molar-refractivity contribution < 1.29 is 22.7 Å². The minimum atomic E-state index is -3.21. The van der Waals surface area contributed by atoms with Crippen LogP contribution in [0, 0.1) is 0 Å². The van der Waals surface area contributed by atoms with Crippen molar-refractivity contribution >= 4 is 15.7 Å². The monoisotopic (exact) mass is 377 g/mol. The minimum absolute atomic E-state index is 0.0400. The number of hydrogen-bond acceptors (Lipinski definition) is 6. The first-order valence-corrected chi connectivity index (χ1v) is 10.2. The zero-order chi connectivity index (χ0) is 18.3. The molecule has 1 aromatic carbocycles. The summed E-state index contributed by atoms with van der Waals surface area (Å²) in [6.07, 6.45) is 3.43. The molecule has 2 aromatic rings. The third-order valence-electron chi connectivity index (χ3n) is 4.67. The Morgan fingerprint density at radius 1 is 1.31 bits per heavy atom. The molecule has 0 N–H and O–H groups in total. The molecule has 1 amide bonds. The van der Waals surface area contributed by atoms with Gasteiger partial charge in [-0.3, -0.25) is 9.48 Å². The van der Waals surface area contributed by atoms with Gasteiger partial charge in [0.2, 0.25) is 6.79 Å².